The summed E-state index contributed by atoms with van der Waals surface area (Å²) in [5, 5.41) is 4.77. The number of nitrogens with zero attached hydrogens (tertiary/aromatic N) is 2. The van der Waals surface area contributed by atoms with Gasteiger partial charge in [-0.3, -0.25) is 10.5 Å². The van der Waals surface area contributed by atoms with E-state index in [1.54, 1.807) is 6.07 Å². The summed E-state index contributed by atoms with van der Waals surface area (Å²) in [5.74, 6) is 6.30. The minimum Gasteiger partial charge on any atom is -0.448 e. The minimum absolute atomic E-state index is 0.112. The average molecular weight is 269 g/mol. The molecule has 0 aliphatic rings. The molecule has 1 atom stereocenters. The minimum atomic E-state index is -0.112. The van der Waals surface area contributed by atoms with Gasteiger partial charge in [-0.05, 0) is 43.6 Å². The van der Waals surface area contributed by atoms with Crippen molar-refractivity contribution in [2.24, 2.45) is 5.84 Å². The van der Waals surface area contributed by atoms with Crippen LogP contribution < -0.4 is 11.3 Å². The zero-order valence-electron chi connectivity index (χ0n) is 10.5. The molecule has 0 saturated carbocycles. The maximum atomic E-state index is 5.77. The quantitative estimate of drug-likeness (QED) is 0.644. The lowest BCUT2D eigenvalue weighted by molar-refractivity contribution is 0.409. The Labute approximate surface area is 111 Å². The molecule has 1 unspecified atom stereocenters. The van der Waals surface area contributed by atoms with Crippen LogP contribution in [0.5, 0.6) is 0 Å². The SMILES string of the molecule is CCn1nc(C)cc1CC(NN)c1ccc(Cl)o1. The topological polar surface area (TPSA) is 69.0 Å². The van der Waals surface area contributed by atoms with Crippen molar-refractivity contribution in [3.05, 3.63) is 40.6 Å². The van der Waals surface area contributed by atoms with Gasteiger partial charge in [0.25, 0.3) is 0 Å². The second-order valence-corrected chi connectivity index (χ2v) is 4.53. The van der Waals surface area contributed by atoms with E-state index >= 15 is 0 Å². The number of furan rings is 1. The third-order valence-corrected chi connectivity index (χ3v) is 3.04. The van der Waals surface area contributed by atoms with Crippen LogP contribution in [0.25, 0.3) is 0 Å². The molecule has 2 aromatic rings. The fourth-order valence-corrected chi connectivity index (χ4v) is 2.16. The smallest absolute Gasteiger partial charge is 0.193 e. The van der Waals surface area contributed by atoms with Crippen LogP contribution in [0.1, 0.15) is 30.1 Å². The molecular formula is C12H17ClN4O. The first-order valence-corrected chi connectivity index (χ1v) is 6.26. The third-order valence-electron chi connectivity index (χ3n) is 2.84. The highest BCUT2D eigenvalue weighted by Crippen LogP contribution is 2.23. The summed E-state index contributed by atoms with van der Waals surface area (Å²) < 4.78 is 7.34. The highest BCUT2D eigenvalue weighted by Gasteiger charge is 2.17. The number of nitrogens with two attached hydrogens (primary N) is 1. The normalized spacial score (nSPS) is 12.9. The molecule has 0 aromatic carbocycles. The van der Waals surface area contributed by atoms with E-state index in [1.807, 2.05) is 17.7 Å². The van der Waals surface area contributed by atoms with Crippen molar-refractivity contribution < 1.29 is 4.42 Å². The molecule has 3 N–H and O–H groups in total. The van der Waals surface area contributed by atoms with Crippen LogP contribution in [0.3, 0.4) is 0 Å². The van der Waals surface area contributed by atoms with Gasteiger partial charge >= 0.3 is 0 Å². The first-order valence-electron chi connectivity index (χ1n) is 5.88. The Morgan fingerprint density at radius 2 is 2.33 bits per heavy atom. The van der Waals surface area contributed by atoms with Crippen LogP contribution in [0.2, 0.25) is 5.22 Å². The molecule has 2 rings (SSSR count). The second-order valence-electron chi connectivity index (χ2n) is 4.16. The molecule has 0 amide bonds. The average Bonchev–Trinajstić information content (AvgIpc) is 2.92. The van der Waals surface area contributed by atoms with Gasteiger partial charge in [-0.1, -0.05) is 0 Å². The number of nitrogens with one attached hydrogen (secondary N) is 1. The molecule has 0 aliphatic carbocycles. The van der Waals surface area contributed by atoms with Crippen molar-refractivity contribution in [3.63, 3.8) is 0 Å². The van der Waals surface area contributed by atoms with E-state index < -0.39 is 0 Å². The van der Waals surface area contributed by atoms with Crippen LogP contribution in [-0.2, 0) is 13.0 Å². The summed E-state index contributed by atoms with van der Waals surface area (Å²) in [6.07, 6.45) is 0.703. The van der Waals surface area contributed by atoms with Crippen molar-refractivity contribution in [3.8, 4) is 0 Å². The van der Waals surface area contributed by atoms with Crippen LogP contribution in [0.4, 0.5) is 0 Å². The Bertz CT molecular complexity index is 520. The molecule has 0 bridgehead atoms. The Kier molecular flexibility index (Phi) is 4.06. The molecule has 6 heteroatoms. The molecule has 0 spiro atoms. The van der Waals surface area contributed by atoms with E-state index in [0.717, 1.165) is 23.7 Å². The zero-order chi connectivity index (χ0) is 13.1. The van der Waals surface area contributed by atoms with Gasteiger partial charge in [-0.15, -0.1) is 0 Å². The van der Waals surface area contributed by atoms with E-state index in [2.05, 4.69) is 23.5 Å². The Morgan fingerprint density at radius 1 is 1.56 bits per heavy atom. The van der Waals surface area contributed by atoms with Gasteiger partial charge in [0, 0.05) is 18.7 Å². The van der Waals surface area contributed by atoms with Gasteiger partial charge in [0.1, 0.15) is 5.76 Å². The van der Waals surface area contributed by atoms with E-state index in [-0.39, 0.29) is 6.04 Å². The summed E-state index contributed by atoms with van der Waals surface area (Å²) in [6.45, 7) is 4.87. The van der Waals surface area contributed by atoms with Crippen LogP contribution >= 0.6 is 11.6 Å². The number of hydrogen-bond donors (Lipinski definition) is 2. The number of halogens is 1. The van der Waals surface area contributed by atoms with E-state index in [0.29, 0.717) is 11.6 Å². The van der Waals surface area contributed by atoms with E-state index in [4.69, 9.17) is 21.9 Å². The Morgan fingerprint density at radius 3 is 2.89 bits per heavy atom. The monoisotopic (exact) mass is 268 g/mol. The maximum Gasteiger partial charge on any atom is 0.193 e. The lowest BCUT2D eigenvalue weighted by Gasteiger charge is -2.13. The molecule has 5 nitrogen and oxygen atoms in total. The van der Waals surface area contributed by atoms with Gasteiger partial charge in [-0.2, -0.15) is 5.10 Å². The Hall–Kier alpha value is -1.30. The largest absolute Gasteiger partial charge is 0.448 e. The van der Waals surface area contributed by atoms with Gasteiger partial charge in [0.2, 0.25) is 0 Å². The van der Waals surface area contributed by atoms with Crippen molar-refractivity contribution >= 4 is 11.6 Å². The molecule has 18 heavy (non-hydrogen) atoms. The van der Waals surface area contributed by atoms with E-state index in [1.165, 1.54) is 0 Å². The summed E-state index contributed by atoms with van der Waals surface area (Å²) >= 11 is 5.77. The van der Waals surface area contributed by atoms with Crippen molar-refractivity contribution in [2.75, 3.05) is 0 Å². The summed E-state index contributed by atoms with van der Waals surface area (Å²) in [7, 11) is 0. The third kappa shape index (κ3) is 2.75. The van der Waals surface area contributed by atoms with Crippen LogP contribution in [0, 0.1) is 6.92 Å². The molecule has 98 valence electrons. The fourth-order valence-electron chi connectivity index (χ4n) is 2.00. The number of hydrogen-bond acceptors (Lipinski definition) is 4. The number of aryl methyl sites for hydroxylation is 2. The van der Waals surface area contributed by atoms with E-state index in [9.17, 15) is 0 Å². The maximum absolute atomic E-state index is 5.77. The van der Waals surface area contributed by atoms with Crippen LogP contribution in [0.15, 0.2) is 22.6 Å². The summed E-state index contributed by atoms with van der Waals surface area (Å²) in [6, 6.07) is 5.48. The van der Waals surface area contributed by atoms with Gasteiger partial charge in [0.15, 0.2) is 5.22 Å². The lowest BCUT2D eigenvalue weighted by atomic mass is 10.1. The standard InChI is InChI=1S/C12H17ClN4O/c1-3-17-9(6-8(2)16-17)7-10(15-14)11-4-5-12(13)18-11/h4-6,10,15H,3,7,14H2,1-2H3. The molecule has 0 aliphatic heterocycles. The molecule has 0 radical (unpaired) electrons. The number of aromatic nitrogens is 2. The predicted octanol–water partition coefficient (Wildman–Crippen LogP) is 2.20. The molecule has 2 heterocycles. The first-order chi connectivity index (χ1) is 8.63. The zero-order valence-corrected chi connectivity index (χ0v) is 11.2. The van der Waals surface area contributed by atoms with Gasteiger partial charge < -0.3 is 4.42 Å². The van der Waals surface area contributed by atoms with Gasteiger partial charge in [-0.25, -0.2) is 5.43 Å². The predicted molar refractivity (Wildman–Crippen MR) is 70.1 cm³/mol. The molecule has 0 saturated heterocycles. The number of hydrazine groups is 1. The highest BCUT2D eigenvalue weighted by molar-refractivity contribution is 6.28. The van der Waals surface area contributed by atoms with Crippen LogP contribution in [-0.4, -0.2) is 9.78 Å². The van der Waals surface area contributed by atoms with Crippen molar-refractivity contribution in [1.29, 1.82) is 0 Å². The number of rotatable bonds is 5. The first kappa shape index (κ1) is 13.1. The van der Waals surface area contributed by atoms with Crippen molar-refractivity contribution in [2.45, 2.75) is 32.9 Å². The summed E-state index contributed by atoms with van der Waals surface area (Å²) in [4.78, 5) is 0. The molecule has 2 aromatic heterocycles. The Balaban J connectivity index is 2.19. The van der Waals surface area contributed by atoms with Crippen molar-refractivity contribution in [1.82, 2.24) is 15.2 Å². The molecule has 0 fully saturated rings. The fraction of sp³-hybridized carbons (Fsp3) is 0.417. The van der Waals surface area contributed by atoms with Gasteiger partial charge in [0.05, 0.1) is 11.7 Å². The summed E-state index contributed by atoms with van der Waals surface area (Å²) in [5.41, 5.74) is 4.86. The lowest BCUT2D eigenvalue weighted by Crippen LogP contribution is -2.30. The molecular weight excluding hydrogens is 252 g/mol. The highest BCUT2D eigenvalue weighted by atomic mass is 35.5. The second kappa shape index (κ2) is 5.56.